The zero-order valence-electron chi connectivity index (χ0n) is 18.5. The zero-order valence-corrected chi connectivity index (χ0v) is 20.1. The molecular formula is C24H23ClN2O6S. The Bertz CT molecular complexity index is 1260. The van der Waals surface area contributed by atoms with Gasteiger partial charge in [0.05, 0.1) is 28.9 Å². The topological polar surface area (TPSA) is 102 Å². The second-order valence-corrected chi connectivity index (χ2v) is 9.30. The molecule has 0 radical (unpaired) electrons. The highest BCUT2D eigenvalue weighted by Crippen LogP contribution is 2.27. The molecule has 0 bridgehead atoms. The summed E-state index contributed by atoms with van der Waals surface area (Å²) in [6.45, 7) is 1.43. The first-order valence-corrected chi connectivity index (χ1v) is 12.1. The molecule has 0 aliphatic heterocycles. The van der Waals surface area contributed by atoms with E-state index in [0.29, 0.717) is 22.1 Å². The third-order valence-corrected chi connectivity index (χ3v) is 6.93. The Labute approximate surface area is 203 Å². The molecule has 3 rings (SSSR count). The van der Waals surface area contributed by atoms with E-state index in [1.807, 2.05) is 0 Å². The van der Waals surface area contributed by atoms with Crippen LogP contribution in [0.3, 0.4) is 0 Å². The highest BCUT2D eigenvalue weighted by atomic mass is 35.5. The molecule has 3 aromatic rings. The molecule has 1 amide bonds. The molecule has 8 nitrogen and oxygen atoms in total. The van der Waals surface area contributed by atoms with Gasteiger partial charge in [-0.3, -0.25) is 9.10 Å². The number of rotatable bonds is 9. The molecule has 0 atom stereocenters. The number of carbonyl (C=O) groups excluding carboxylic acids is 2. The van der Waals surface area contributed by atoms with Gasteiger partial charge < -0.3 is 14.8 Å². The number of hydrogen-bond acceptors (Lipinski definition) is 6. The number of nitrogens with one attached hydrogen (secondary N) is 1. The van der Waals surface area contributed by atoms with E-state index in [2.05, 4.69) is 5.32 Å². The number of carbonyl (C=O) groups is 2. The number of amides is 1. The van der Waals surface area contributed by atoms with Crippen LogP contribution in [0.4, 0.5) is 11.4 Å². The van der Waals surface area contributed by atoms with Gasteiger partial charge in [-0.15, -0.1) is 0 Å². The van der Waals surface area contributed by atoms with Crippen LogP contribution in [0.1, 0.15) is 17.3 Å². The predicted octanol–water partition coefficient (Wildman–Crippen LogP) is 4.36. The van der Waals surface area contributed by atoms with Gasteiger partial charge in [0.15, 0.2) is 6.61 Å². The number of anilines is 2. The van der Waals surface area contributed by atoms with Gasteiger partial charge in [-0.25, -0.2) is 13.2 Å². The quantitative estimate of drug-likeness (QED) is 0.436. The number of sulfonamides is 1. The summed E-state index contributed by atoms with van der Waals surface area (Å²) >= 11 is 5.94. The molecule has 34 heavy (non-hydrogen) atoms. The second kappa shape index (κ2) is 11.0. The fourth-order valence-electron chi connectivity index (χ4n) is 3.15. The van der Waals surface area contributed by atoms with Gasteiger partial charge in [-0.05, 0) is 61.5 Å². The molecule has 178 valence electrons. The monoisotopic (exact) mass is 502 g/mol. The van der Waals surface area contributed by atoms with E-state index in [-0.39, 0.29) is 17.0 Å². The maximum atomic E-state index is 13.0. The summed E-state index contributed by atoms with van der Waals surface area (Å²) < 4.78 is 37.6. The first-order valence-electron chi connectivity index (χ1n) is 10.2. The van der Waals surface area contributed by atoms with Crippen molar-refractivity contribution in [2.75, 3.05) is 29.9 Å². The van der Waals surface area contributed by atoms with Crippen LogP contribution >= 0.6 is 11.6 Å². The Balaban J connectivity index is 1.65. The summed E-state index contributed by atoms with van der Waals surface area (Å²) in [5, 5.41) is 2.96. The molecule has 0 fully saturated rings. The smallest absolute Gasteiger partial charge is 0.338 e. The molecule has 0 unspecified atom stereocenters. The van der Waals surface area contributed by atoms with E-state index in [0.717, 1.165) is 0 Å². The number of methoxy groups -OCH3 is 1. The molecule has 0 saturated heterocycles. The van der Waals surface area contributed by atoms with Gasteiger partial charge in [0.2, 0.25) is 0 Å². The minimum atomic E-state index is -3.82. The van der Waals surface area contributed by atoms with Crippen molar-refractivity contribution in [2.45, 2.75) is 11.8 Å². The van der Waals surface area contributed by atoms with Crippen LogP contribution in [-0.2, 0) is 19.6 Å². The van der Waals surface area contributed by atoms with Crippen molar-refractivity contribution in [3.63, 3.8) is 0 Å². The van der Waals surface area contributed by atoms with Crippen LogP contribution < -0.4 is 14.4 Å². The van der Waals surface area contributed by atoms with Crippen LogP contribution in [0.15, 0.2) is 77.7 Å². The van der Waals surface area contributed by atoms with E-state index < -0.39 is 28.5 Å². The molecule has 0 spiro atoms. The Morgan fingerprint density at radius 1 is 1.00 bits per heavy atom. The van der Waals surface area contributed by atoms with Crippen molar-refractivity contribution < 1.29 is 27.5 Å². The zero-order chi connectivity index (χ0) is 24.7. The van der Waals surface area contributed by atoms with E-state index >= 15 is 0 Å². The lowest BCUT2D eigenvalue weighted by molar-refractivity contribution is -0.119. The van der Waals surface area contributed by atoms with Crippen molar-refractivity contribution in [3.05, 3.63) is 83.4 Å². The van der Waals surface area contributed by atoms with Crippen molar-refractivity contribution in [3.8, 4) is 5.75 Å². The summed E-state index contributed by atoms with van der Waals surface area (Å²) in [6.07, 6.45) is 0. The highest BCUT2D eigenvalue weighted by molar-refractivity contribution is 7.92. The third-order valence-electron chi connectivity index (χ3n) is 4.78. The molecule has 0 aliphatic carbocycles. The van der Waals surface area contributed by atoms with Crippen LogP contribution in [0, 0.1) is 0 Å². The molecule has 1 N–H and O–H groups in total. The van der Waals surface area contributed by atoms with E-state index in [1.165, 1.54) is 41.7 Å². The largest absolute Gasteiger partial charge is 0.495 e. The number of ether oxygens (including phenoxy) is 2. The molecule has 0 aromatic heterocycles. The Morgan fingerprint density at radius 2 is 1.68 bits per heavy atom. The molecule has 3 aromatic carbocycles. The standard InChI is InChI=1S/C24H23ClN2O6S/c1-3-27(19-7-5-4-6-8-19)34(30,31)20-12-9-17(10-13-20)24(29)33-16-23(28)26-21-15-18(25)11-14-22(21)32-2/h4-15H,3,16H2,1-2H3,(H,26,28). The van der Waals surface area contributed by atoms with Crippen LogP contribution in [0.5, 0.6) is 5.75 Å². The normalized spacial score (nSPS) is 10.9. The van der Waals surface area contributed by atoms with Crippen molar-refractivity contribution in [1.82, 2.24) is 0 Å². The fraction of sp³-hybridized carbons (Fsp3) is 0.167. The van der Waals surface area contributed by atoms with Crippen LogP contribution in [0.2, 0.25) is 5.02 Å². The maximum Gasteiger partial charge on any atom is 0.338 e. The van der Waals surface area contributed by atoms with Gasteiger partial charge in [0.25, 0.3) is 15.9 Å². The SMILES string of the molecule is CCN(c1ccccc1)S(=O)(=O)c1ccc(C(=O)OCC(=O)Nc2cc(Cl)ccc2OC)cc1. The van der Waals surface area contributed by atoms with Gasteiger partial charge >= 0.3 is 5.97 Å². The van der Waals surface area contributed by atoms with Crippen molar-refractivity contribution >= 4 is 44.9 Å². The Morgan fingerprint density at radius 3 is 2.29 bits per heavy atom. The number of halogens is 1. The lowest BCUT2D eigenvalue weighted by atomic mass is 10.2. The summed E-state index contributed by atoms with van der Waals surface area (Å²) in [7, 11) is -2.38. The van der Waals surface area contributed by atoms with E-state index in [4.69, 9.17) is 21.1 Å². The Kier molecular flexibility index (Phi) is 8.14. The van der Waals surface area contributed by atoms with E-state index in [9.17, 15) is 18.0 Å². The summed E-state index contributed by atoms with van der Waals surface area (Å²) in [4.78, 5) is 24.6. The van der Waals surface area contributed by atoms with Crippen LogP contribution in [0.25, 0.3) is 0 Å². The Hall–Kier alpha value is -3.56. The lowest BCUT2D eigenvalue weighted by Gasteiger charge is -2.22. The number of nitrogens with zero attached hydrogens (tertiary/aromatic N) is 1. The molecule has 0 heterocycles. The van der Waals surface area contributed by atoms with Crippen molar-refractivity contribution in [2.24, 2.45) is 0 Å². The average Bonchev–Trinajstić information content (AvgIpc) is 2.84. The third kappa shape index (κ3) is 5.86. The summed E-state index contributed by atoms with van der Waals surface area (Å²) in [6, 6.07) is 18.8. The van der Waals surface area contributed by atoms with Gasteiger partial charge in [0, 0.05) is 11.6 Å². The van der Waals surface area contributed by atoms with Crippen LogP contribution in [-0.4, -0.2) is 40.6 Å². The van der Waals surface area contributed by atoms with Gasteiger partial charge in [-0.2, -0.15) is 0 Å². The lowest BCUT2D eigenvalue weighted by Crippen LogP contribution is -2.30. The first kappa shape index (κ1) is 25.1. The second-order valence-electron chi connectivity index (χ2n) is 7.00. The summed E-state index contributed by atoms with van der Waals surface area (Å²) in [5.74, 6) is -0.959. The molecule has 0 saturated carbocycles. The predicted molar refractivity (Wildman–Crippen MR) is 130 cm³/mol. The molecular weight excluding hydrogens is 480 g/mol. The number of esters is 1. The average molecular weight is 503 g/mol. The van der Waals surface area contributed by atoms with Gasteiger partial charge in [0.1, 0.15) is 5.75 Å². The van der Waals surface area contributed by atoms with E-state index in [1.54, 1.807) is 49.4 Å². The molecule has 0 aliphatic rings. The minimum Gasteiger partial charge on any atom is -0.495 e. The number of benzene rings is 3. The number of hydrogen-bond donors (Lipinski definition) is 1. The fourth-order valence-corrected chi connectivity index (χ4v) is 4.80. The van der Waals surface area contributed by atoms with Gasteiger partial charge in [-0.1, -0.05) is 29.8 Å². The summed E-state index contributed by atoms with van der Waals surface area (Å²) in [5.41, 5.74) is 0.982. The minimum absolute atomic E-state index is 0.0283. The number of para-hydroxylation sites is 1. The van der Waals surface area contributed by atoms with Crippen molar-refractivity contribution in [1.29, 1.82) is 0 Å². The maximum absolute atomic E-state index is 13.0. The highest BCUT2D eigenvalue weighted by Gasteiger charge is 2.24. The first-order chi connectivity index (χ1) is 16.3. The molecule has 10 heteroatoms.